The number of hydrogen-bond acceptors (Lipinski definition) is 6. The number of nitrogens with one attached hydrogen (secondary N) is 1. The van der Waals surface area contributed by atoms with Crippen LogP contribution in [-0.4, -0.2) is 28.0 Å². The molecule has 0 saturated carbocycles. The van der Waals surface area contributed by atoms with E-state index in [4.69, 9.17) is 5.26 Å². The van der Waals surface area contributed by atoms with Gasteiger partial charge in [0.2, 0.25) is 5.69 Å². The molecule has 0 fully saturated rings. The van der Waals surface area contributed by atoms with Gasteiger partial charge in [0, 0.05) is 17.9 Å². The molecular formula is C10H12N4O2S. The minimum atomic E-state index is -0.611. The highest BCUT2D eigenvalue weighted by molar-refractivity contribution is 7.99. The molecule has 0 saturated heterocycles. The number of thioether (sulfide) groups is 1. The Labute approximate surface area is 103 Å². The second-order valence-electron chi connectivity index (χ2n) is 3.36. The van der Waals surface area contributed by atoms with Crippen LogP contribution in [0.5, 0.6) is 0 Å². The molecule has 0 radical (unpaired) electrons. The van der Waals surface area contributed by atoms with Gasteiger partial charge in [0.05, 0.1) is 4.92 Å². The largest absolute Gasteiger partial charge is 0.369 e. The Hall–Kier alpha value is -1.81. The summed E-state index contributed by atoms with van der Waals surface area (Å²) < 4.78 is 0. The molecule has 1 atom stereocenters. The topological polar surface area (TPSA) is 91.9 Å². The first kappa shape index (κ1) is 13.3. The van der Waals surface area contributed by atoms with E-state index in [9.17, 15) is 10.1 Å². The molecule has 0 amide bonds. The third-order valence-electron chi connectivity index (χ3n) is 2.15. The minimum Gasteiger partial charge on any atom is -0.369 e. The maximum absolute atomic E-state index is 10.6. The average molecular weight is 252 g/mol. The van der Waals surface area contributed by atoms with Gasteiger partial charge in [0.1, 0.15) is 11.9 Å². The third kappa shape index (κ3) is 3.60. The number of anilines is 1. The number of nitriles is 1. The second kappa shape index (κ2) is 6.06. The second-order valence-corrected chi connectivity index (χ2v) is 4.64. The molecule has 0 aromatic carbocycles. The van der Waals surface area contributed by atoms with E-state index in [1.807, 2.05) is 13.2 Å². The van der Waals surface area contributed by atoms with Crippen LogP contribution in [0.25, 0.3) is 0 Å². The van der Waals surface area contributed by atoms with Crippen LogP contribution in [-0.2, 0) is 0 Å². The van der Waals surface area contributed by atoms with Crippen molar-refractivity contribution in [3.63, 3.8) is 0 Å². The Balaban J connectivity index is 2.84. The van der Waals surface area contributed by atoms with Gasteiger partial charge in [0.25, 0.3) is 0 Å². The van der Waals surface area contributed by atoms with Crippen LogP contribution in [0.4, 0.5) is 11.5 Å². The van der Waals surface area contributed by atoms with E-state index in [1.54, 1.807) is 17.8 Å². The molecule has 7 heteroatoms. The molecule has 1 unspecified atom stereocenters. The Bertz CT molecular complexity index is 458. The summed E-state index contributed by atoms with van der Waals surface area (Å²) in [7, 11) is 0. The van der Waals surface area contributed by atoms with Gasteiger partial charge in [-0.15, -0.1) is 0 Å². The van der Waals surface area contributed by atoms with Crippen molar-refractivity contribution in [1.29, 1.82) is 5.26 Å². The van der Waals surface area contributed by atoms with Crippen molar-refractivity contribution < 1.29 is 4.92 Å². The van der Waals surface area contributed by atoms with E-state index in [1.165, 1.54) is 12.1 Å². The van der Waals surface area contributed by atoms with E-state index in [0.717, 1.165) is 0 Å². The standard InChI is InChI=1S/C10H12N4O2S/c1-7(17-2)6-12-10-4-3-9(14(15)16)8(5-11)13-10/h3-4,7H,6H2,1-2H3,(H,12,13). The van der Waals surface area contributed by atoms with Crippen LogP contribution in [0.15, 0.2) is 12.1 Å². The molecule has 0 aliphatic carbocycles. The lowest BCUT2D eigenvalue weighted by Crippen LogP contribution is -2.13. The van der Waals surface area contributed by atoms with Gasteiger partial charge < -0.3 is 5.32 Å². The zero-order valence-electron chi connectivity index (χ0n) is 9.51. The van der Waals surface area contributed by atoms with E-state index in [0.29, 0.717) is 17.6 Å². The van der Waals surface area contributed by atoms with E-state index >= 15 is 0 Å². The first-order valence-corrected chi connectivity index (χ1v) is 6.19. The number of pyridine rings is 1. The fraction of sp³-hybridized carbons (Fsp3) is 0.400. The van der Waals surface area contributed by atoms with Crippen LogP contribution in [0.2, 0.25) is 0 Å². The fourth-order valence-electron chi connectivity index (χ4n) is 1.11. The highest BCUT2D eigenvalue weighted by Gasteiger charge is 2.15. The quantitative estimate of drug-likeness (QED) is 0.636. The number of rotatable bonds is 5. The highest BCUT2D eigenvalue weighted by Crippen LogP contribution is 2.18. The zero-order valence-corrected chi connectivity index (χ0v) is 10.3. The summed E-state index contributed by atoms with van der Waals surface area (Å²) >= 11 is 1.70. The number of nitro groups is 1. The molecule has 0 spiro atoms. The third-order valence-corrected chi connectivity index (χ3v) is 3.12. The van der Waals surface area contributed by atoms with Crippen molar-refractivity contribution in [3.8, 4) is 6.07 Å². The van der Waals surface area contributed by atoms with Crippen molar-refractivity contribution in [3.05, 3.63) is 27.9 Å². The van der Waals surface area contributed by atoms with Crippen LogP contribution >= 0.6 is 11.8 Å². The summed E-state index contributed by atoms with van der Waals surface area (Å²) in [6, 6.07) is 4.52. The molecule has 17 heavy (non-hydrogen) atoms. The van der Waals surface area contributed by atoms with Gasteiger partial charge in [-0.1, -0.05) is 6.92 Å². The number of hydrogen-bond donors (Lipinski definition) is 1. The lowest BCUT2D eigenvalue weighted by molar-refractivity contribution is -0.385. The van der Waals surface area contributed by atoms with Gasteiger partial charge in [-0.2, -0.15) is 17.0 Å². The molecule has 90 valence electrons. The SMILES string of the molecule is CSC(C)CNc1ccc([N+](=O)[O-])c(C#N)n1. The highest BCUT2D eigenvalue weighted by atomic mass is 32.2. The van der Waals surface area contributed by atoms with E-state index in [-0.39, 0.29) is 11.4 Å². The fourth-order valence-corrected chi connectivity index (χ4v) is 1.36. The average Bonchev–Trinajstić information content (AvgIpc) is 2.35. The smallest absolute Gasteiger partial charge is 0.305 e. The monoisotopic (exact) mass is 252 g/mol. The Morgan fingerprint density at radius 1 is 1.71 bits per heavy atom. The molecule has 1 N–H and O–H groups in total. The molecule has 1 rings (SSSR count). The molecular weight excluding hydrogens is 240 g/mol. The molecule has 0 aliphatic heterocycles. The van der Waals surface area contributed by atoms with Crippen LogP contribution in [0.3, 0.4) is 0 Å². The maximum atomic E-state index is 10.6. The molecule has 1 heterocycles. The summed E-state index contributed by atoms with van der Waals surface area (Å²) in [6.07, 6.45) is 2.00. The normalized spacial score (nSPS) is 11.6. The first-order chi connectivity index (χ1) is 8.08. The molecule has 0 bridgehead atoms. The van der Waals surface area contributed by atoms with Crippen molar-refractivity contribution >= 4 is 23.3 Å². The van der Waals surface area contributed by atoms with Gasteiger partial charge in [-0.25, -0.2) is 4.98 Å². The Morgan fingerprint density at radius 2 is 2.41 bits per heavy atom. The summed E-state index contributed by atoms with van der Waals surface area (Å²) in [5, 5.41) is 22.8. The summed E-state index contributed by atoms with van der Waals surface area (Å²) in [5.41, 5.74) is -0.437. The summed E-state index contributed by atoms with van der Waals surface area (Å²) in [5.74, 6) is 0.480. The van der Waals surface area contributed by atoms with Gasteiger partial charge in [-0.05, 0) is 12.3 Å². The van der Waals surface area contributed by atoms with Gasteiger partial charge >= 0.3 is 5.69 Å². The molecule has 1 aromatic rings. The van der Waals surface area contributed by atoms with Gasteiger partial charge in [-0.3, -0.25) is 10.1 Å². The van der Waals surface area contributed by atoms with Crippen LogP contribution in [0, 0.1) is 21.4 Å². The van der Waals surface area contributed by atoms with Crippen molar-refractivity contribution in [2.45, 2.75) is 12.2 Å². The Kier molecular flexibility index (Phi) is 4.72. The lowest BCUT2D eigenvalue weighted by atomic mass is 10.3. The summed E-state index contributed by atoms with van der Waals surface area (Å²) in [6.45, 7) is 2.74. The van der Waals surface area contributed by atoms with Crippen LogP contribution < -0.4 is 5.32 Å². The molecule has 1 aromatic heterocycles. The van der Waals surface area contributed by atoms with E-state index in [2.05, 4.69) is 10.3 Å². The van der Waals surface area contributed by atoms with Crippen molar-refractivity contribution in [2.24, 2.45) is 0 Å². The number of aromatic nitrogens is 1. The zero-order chi connectivity index (χ0) is 12.8. The van der Waals surface area contributed by atoms with Gasteiger partial charge in [0.15, 0.2) is 0 Å². The van der Waals surface area contributed by atoms with E-state index < -0.39 is 4.92 Å². The number of nitrogens with zero attached hydrogens (tertiary/aromatic N) is 3. The summed E-state index contributed by atoms with van der Waals surface area (Å²) in [4.78, 5) is 13.9. The molecule has 0 aliphatic rings. The predicted molar refractivity (Wildman–Crippen MR) is 67.1 cm³/mol. The minimum absolute atomic E-state index is 0.170. The van der Waals surface area contributed by atoms with Crippen molar-refractivity contribution in [1.82, 2.24) is 4.98 Å². The maximum Gasteiger partial charge on any atom is 0.305 e. The Morgan fingerprint density at radius 3 is 2.94 bits per heavy atom. The van der Waals surface area contributed by atoms with Crippen LogP contribution in [0.1, 0.15) is 12.6 Å². The predicted octanol–water partition coefficient (Wildman–Crippen LogP) is 2.02. The first-order valence-electron chi connectivity index (χ1n) is 4.90. The lowest BCUT2D eigenvalue weighted by Gasteiger charge is -2.10. The van der Waals surface area contributed by atoms with Crippen molar-refractivity contribution in [2.75, 3.05) is 18.1 Å². The molecule has 6 nitrogen and oxygen atoms in total.